The number of methoxy groups -OCH3 is 2. The van der Waals surface area contributed by atoms with Crippen LogP contribution in [0.3, 0.4) is 0 Å². The molecule has 1 aromatic rings. The van der Waals surface area contributed by atoms with Crippen LogP contribution in [0, 0.1) is 0 Å². The Morgan fingerprint density at radius 2 is 1.88 bits per heavy atom. The van der Waals surface area contributed by atoms with Crippen LogP contribution < -0.4 is 9.47 Å². The Balaban J connectivity index is 1.92. The minimum Gasteiger partial charge on any atom is -0.493 e. The predicted octanol–water partition coefficient (Wildman–Crippen LogP) is 5.59. The van der Waals surface area contributed by atoms with E-state index in [0.29, 0.717) is 40.3 Å². The summed E-state index contributed by atoms with van der Waals surface area (Å²) in [6.07, 6.45) is 9.18. The second-order valence-electron chi connectivity index (χ2n) is 7.54. The van der Waals surface area contributed by atoms with Crippen LogP contribution in [0.1, 0.15) is 63.9 Å². The lowest BCUT2D eigenvalue weighted by Gasteiger charge is -2.14. The second kappa shape index (κ2) is 14.2. The number of rotatable bonds is 14. The quantitative estimate of drug-likeness (QED) is 0.149. The molecule has 0 unspecified atom stereocenters. The summed E-state index contributed by atoms with van der Waals surface area (Å²) in [5.74, 6) is 1.07. The molecule has 2 rings (SSSR count). The molecule has 1 aromatic carbocycles. The third-order valence-corrected chi connectivity index (χ3v) is 6.48. The average Bonchev–Trinajstić information content (AvgIpc) is 3.06. The number of carbonyl (C=O) groups is 2. The van der Waals surface area contributed by atoms with Gasteiger partial charge in [0.1, 0.15) is 4.32 Å². The van der Waals surface area contributed by atoms with E-state index < -0.39 is 0 Å². The third-order valence-electron chi connectivity index (χ3n) is 5.10. The molecule has 0 radical (unpaired) electrons. The Labute approximate surface area is 200 Å². The van der Waals surface area contributed by atoms with Crippen molar-refractivity contribution in [1.29, 1.82) is 0 Å². The summed E-state index contributed by atoms with van der Waals surface area (Å²) in [5, 5.41) is 0. The molecule has 0 bridgehead atoms. The van der Waals surface area contributed by atoms with Gasteiger partial charge in [-0.3, -0.25) is 14.5 Å². The Hall–Kier alpha value is -2.06. The molecule has 0 spiro atoms. The van der Waals surface area contributed by atoms with E-state index in [4.69, 9.17) is 21.7 Å². The van der Waals surface area contributed by atoms with E-state index in [9.17, 15) is 9.59 Å². The minimum atomic E-state index is -0.207. The van der Waals surface area contributed by atoms with Crippen molar-refractivity contribution in [2.45, 2.75) is 58.3 Å². The molecule has 1 fully saturated rings. The molecule has 176 valence electrons. The zero-order valence-electron chi connectivity index (χ0n) is 19.2. The molecule has 8 heteroatoms. The molecule has 32 heavy (non-hydrogen) atoms. The van der Waals surface area contributed by atoms with E-state index in [1.54, 1.807) is 12.0 Å². The smallest absolute Gasteiger partial charge is 0.305 e. The number of benzene rings is 1. The van der Waals surface area contributed by atoms with Crippen molar-refractivity contribution in [3.05, 3.63) is 28.7 Å². The summed E-state index contributed by atoms with van der Waals surface area (Å²) in [4.78, 5) is 26.2. The van der Waals surface area contributed by atoms with Gasteiger partial charge in [-0.05, 0) is 43.0 Å². The Bertz CT molecular complexity index is 825. The lowest BCUT2D eigenvalue weighted by Crippen LogP contribution is -2.29. The van der Waals surface area contributed by atoms with E-state index in [1.807, 2.05) is 24.3 Å². The fourth-order valence-corrected chi connectivity index (χ4v) is 4.57. The van der Waals surface area contributed by atoms with Crippen molar-refractivity contribution in [3.8, 4) is 11.5 Å². The van der Waals surface area contributed by atoms with E-state index in [2.05, 4.69) is 11.7 Å². The van der Waals surface area contributed by atoms with Crippen LogP contribution in [0.15, 0.2) is 23.1 Å². The predicted molar refractivity (Wildman–Crippen MR) is 133 cm³/mol. The van der Waals surface area contributed by atoms with Crippen LogP contribution in [0.4, 0.5) is 0 Å². The van der Waals surface area contributed by atoms with E-state index in [-0.39, 0.29) is 11.9 Å². The number of esters is 1. The molecule has 0 aromatic heterocycles. The molecule has 0 aliphatic carbocycles. The number of carbonyl (C=O) groups excluding carboxylic acids is 2. The van der Waals surface area contributed by atoms with Gasteiger partial charge in [-0.1, -0.05) is 62.7 Å². The second-order valence-corrected chi connectivity index (χ2v) is 9.22. The molecule has 1 aliphatic rings. The van der Waals surface area contributed by atoms with Gasteiger partial charge in [0.05, 0.1) is 25.7 Å². The van der Waals surface area contributed by atoms with Gasteiger partial charge in [0.15, 0.2) is 11.5 Å². The number of thiocarbonyl (C=S) groups is 1. The molecule has 1 saturated heterocycles. The molecule has 0 N–H and O–H groups in total. The SMILES string of the molecule is CCCCCCOc1ccc(/C=C2\SC(=S)N(CCCCCC(=O)OC)C2=O)cc1OC. The van der Waals surface area contributed by atoms with Crippen molar-refractivity contribution < 1.29 is 23.8 Å². The van der Waals surface area contributed by atoms with Gasteiger partial charge in [0, 0.05) is 13.0 Å². The molecule has 6 nitrogen and oxygen atoms in total. The van der Waals surface area contributed by atoms with Gasteiger partial charge < -0.3 is 14.2 Å². The van der Waals surface area contributed by atoms with Crippen LogP contribution in [-0.2, 0) is 14.3 Å². The first-order chi connectivity index (χ1) is 15.5. The summed E-state index contributed by atoms with van der Waals surface area (Å²) in [7, 11) is 3.00. The number of thioether (sulfide) groups is 1. The molecule has 0 saturated carbocycles. The van der Waals surface area contributed by atoms with Crippen molar-refractivity contribution >= 4 is 46.3 Å². The number of hydrogen-bond donors (Lipinski definition) is 0. The van der Waals surface area contributed by atoms with Crippen LogP contribution in [0.25, 0.3) is 6.08 Å². The highest BCUT2D eigenvalue weighted by molar-refractivity contribution is 8.26. The van der Waals surface area contributed by atoms with Crippen LogP contribution >= 0.6 is 24.0 Å². The van der Waals surface area contributed by atoms with Crippen molar-refractivity contribution in [1.82, 2.24) is 4.90 Å². The van der Waals surface area contributed by atoms with Crippen LogP contribution in [0.2, 0.25) is 0 Å². The highest BCUT2D eigenvalue weighted by Gasteiger charge is 2.31. The van der Waals surface area contributed by atoms with Crippen molar-refractivity contribution in [2.24, 2.45) is 0 Å². The third kappa shape index (κ3) is 8.13. The van der Waals surface area contributed by atoms with Crippen LogP contribution in [-0.4, -0.2) is 48.5 Å². The number of hydrogen-bond acceptors (Lipinski definition) is 7. The Morgan fingerprint density at radius 3 is 2.59 bits per heavy atom. The normalized spacial score (nSPS) is 14.8. The summed E-state index contributed by atoms with van der Waals surface area (Å²) in [6, 6.07) is 5.68. The number of amides is 1. The minimum absolute atomic E-state index is 0.0804. The zero-order chi connectivity index (χ0) is 23.3. The van der Waals surface area contributed by atoms with Gasteiger partial charge in [0.25, 0.3) is 5.91 Å². The topological polar surface area (TPSA) is 65.1 Å². The standard InChI is InChI=1S/C24H33NO5S2/c1-4-5-6-10-15-30-19-13-12-18(16-20(19)28-2)17-21-23(27)25(24(31)32-21)14-9-7-8-11-22(26)29-3/h12-13,16-17H,4-11,14-15H2,1-3H3/b21-17-. The number of ether oxygens (including phenoxy) is 3. The van der Waals surface area contributed by atoms with E-state index >= 15 is 0 Å². The fourth-order valence-electron chi connectivity index (χ4n) is 3.27. The Kier molecular flexibility index (Phi) is 11.6. The maximum Gasteiger partial charge on any atom is 0.305 e. The molecular formula is C24H33NO5S2. The van der Waals surface area contributed by atoms with Gasteiger partial charge in [-0.25, -0.2) is 0 Å². The summed E-state index contributed by atoms with van der Waals surface area (Å²) >= 11 is 6.72. The largest absolute Gasteiger partial charge is 0.493 e. The monoisotopic (exact) mass is 479 g/mol. The van der Waals surface area contributed by atoms with E-state index in [1.165, 1.54) is 31.7 Å². The first kappa shape index (κ1) is 26.2. The van der Waals surface area contributed by atoms with E-state index in [0.717, 1.165) is 37.7 Å². The first-order valence-corrected chi connectivity index (χ1v) is 12.4. The lowest BCUT2D eigenvalue weighted by molar-refractivity contribution is -0.140. The maximum absolute atomic E-state index is 12.8. The highest BCUT2D eigenvalue weighted by Crippen LogP contribution is 2.35. The Morgan fingerprint density at radius 1 is 1.09 bits per heavy atom. The maximum atomic E-state index is 12.8. The van der Waals surface area contributed by atoms with Gasteiger partial charge in [0.2, 0.25) is 0 Å². The molecule has 1 heterocycles. The van der Waals surface area contributed by atoms with Gasteiger partial charge in [-0.2, -0.15) is 0 Å². The molecule has 0 atom stereocenters. The lowest BCUT2D eigenvalue weighted by atomic mass is 10.1. The summed E-state index contributed by atoms with van der Waals surface area (Å²) in [5.41, 5.74) is 0.860. The average molecular weight is 480 g/mol. The van der Waals surface area contributed by atoms with Crippen LogP contribution in [0.5, 0.6) is 11.5 Å². The van der Waals surface area contributed by atoms with Crippen molar-refractivity contribution in [3.63, 3.8) is 0 Å². The number of unbranched alkanes of at least 4 members (excludes halogenated alkanes) is 5. The molecule has 1 amide bonds. The number of nitrogens with zero attached hydrogens (tertiary/aromatic N) is 1. The molecule has 1 aliphatic heterocycles. The zero-order valence-corrected chi connectivity index (χ0v) is 20.8. The highest BCUT2D eigenvalue weighted by atomic mass is 32.2. The first-order valence-electron chi connectivity index (χ1n) is 11.1. The fraction of sp³-hybridized carbons (Fsp3) is 0.542. The van der Waals surface area contributed by atoms with Gasteiger partial charge >= 0.3 is 5.97 Å². The summed E-state index contributed by atoms with van der Waals surface area (Å²) in [6.45, 7) is 3.40. The van der Waals surface area contributed by atoms with Gasteiger partial charge in [-0.15, -0.1) is 0 Å². The molecular weight excluding hydrogens is 446 g/mol. The van der Waals surface area contributed by atoms with Crippen molar-refractivity contribution in [2.75, 3.05) is 27.4 Å². The summed E-state index contributed by atoms with van der Waals surface area (Å²) < 4.78 is 16.6.